The van der Waals surface area contributed by atoms with Gasteiger partial charge in [0.1, 0.15) is 11.6 Å². The Balaban J connectivity index is 2.21. The van der Waals surface area contributed by atoms with Gasteiger partial charge in [0.15, 0.2) is 5.82 Å². The van der Waals surface area contributed by atoms with Gasteiger partial charge in [-0.2, -0.15) is 0 Å². The van der Waals surface area contributed by atoms with Crippen LogP contribution in [0.4, 0.5) is 14.6 Å². The summed E-state index contributed by atoms with van der Waals surface area (Å²) in [6.07, 6.45) is 1.19. The van der Waals surface area contributed by atoms with Crippen molar-refractivity contribution >= 4 is 5.82 Å². The van der Waals surface area contributed by atoms with Crippen molar-refractivity contribution in [2.75, 3.05) is 12.4 Å². The largest absolute Gasteiger partial charge is 0.489 e. The van der Waals surface area contributed by atoms with Crippen molar-refractivity contribution in [3.63, 3.8) is 0 Å². The first-order chi connectivity index (χ1) is 9.11. The summed E-state index contributed by atoms with van der Waals surface area (Å²) in [4.78, 5) is 17.6. The monoisotopic (exact) mass is 267 g/mol. The maximum Gasteiger partial charge on any atom is 0.295 e. The minimum absolute atomic E-state index is 0.0145. The number of halogens is 2. The van der Waals surface area contributed by atoms with E-state index in [1.54, 1.807) is 0 Å². The predicted octanol–water partition coefficient (Wildman–Crippen LogP) is 1.67. The molecule has 7 heteroatoms. The average Bonchev–Trinajstić information content (AvgIpc) is 2.40. The normalized spacial score (nSPS) is 10.3. The van der Waals surface area contributed by atoms with E-state index in [2.05, 4.69) is 15.3 Å². The highest BCUT2D eigenvalue weighted by Gasteiger charge is 2.10. The first kappa shape index (κ1) is 13.0. The number of aromatic amines is 1. The smallest absolute Gasteiger partial charge is 0.295 e. The van der Waals surface area contributed by atoms with Crippen molar-refractivity contribution in [1.82, 2.24) is 9.97 Å². The van der Waals surface area contributed by atoms with E-state index in [1.165, 1.54) is 13.4 Å². The molecule has 0 fully saturated rings. The molecule has 1 aromatic carbocycles. The van der Waals surface area contributed by atoms with Gasteiger partial charge in [0.25, 0.3) is 5.56 Å². The number of aromatic nitrogens is 2. The number of benzene rings is 1. The van der Waals surface area contributed by atoms with Crippen LogP contribution >= 0.6 is 0 Å². The van der Waals surface area contributed by atoms with Gasteiger partial charge in [-0.1, -0.05) is 0 Å². The number of anilines is 1. The lowest BCUT2D eigenvalue weighted by Crippen LogP contribution is -2.14. The number of nitrogens with one attached hydrogen (secondary N) is 2. The van der Waals surface area contributed by atoms with Crippen LogP contribution in [-0.2, 0) is 6.54 Å². The summed E-state index contributed by atoms with van der Waals surface area (Å²) >= 11 is 0. The quantitative estimate of drug-likeness (QED) is 0.884. The lowest BCUT2D eigenvalue weighted by atomic mass is 10.2. The molecule has 1 aromatic heterocycles. The number of rotatable bonds is 4. The summed E-state index contributed by atoms with van der Waals surface area (Å²) in [5.74, 6) is -0.934. The third kappa shape index (κ3) is 2.87. The zero-order valence-corrected chi connectivity index (χ0v) is 10.0. The number of hydrogen-bond acceptors (Lipinski definition) is 4. The van der Waals surface area contributed by atoms with E-state index in [1.807, 2.05) is 0 Å². The number of methoxy groups -OCH3 is 1. The standard InChI is InChI=1S/C12H11F2N3O2/c1-19-10-11(16-6-17-12(10)18)15-5-7-4-8(13)2-3-9(7)14/h2-4,6H,5H2,1H3,(H2,15,16,17,18). The van der Waals surface area contributed by atoms with Crippen molar-refractivity contribution < 1.29 is 13.5 Å². The molecule has 2 N–H and O–H groups in total. The minimum atomic E-state index is -0.544. The SMILES string of the molecule is COc1c(NCc2cc(F)ccc2F)nc[nH]c1=O. The maximum absolute atomic E-state index is 13.4. The minimum Gasteiger partial charge on any atom is -0.489 e. The van der Waals surface area contributed by atoms with E-state index < -0.39 is 17.2 Å². The second kappa shape index (κ2) is 5.47. The number of hydrogen-bond donors (Lipinski definition) is 2. The zero-order valence-electron chi connectivity index (χ0n) is 10.0. The third-order valence-corrected chi connectivity index (χ3v) is 2.47. The molecular weight excluding hydrogens is 256 g/mol. The van der Waals surface area contributed by atoms with Gasteiger partial charge >= 0.3 is 0 Å². The van der Waals surface area contributed by atoms with E-state index in [4.69, 9.17) is 4.74 Å². The van der Waals surface area contributed by atoms with Crippen molar-refractivity contribution in [3.8, 4) is 5.75 Å². The molecule has 0 saturated carbocycles. The summed E-state index contributed by atoms with van der Waals surface area (Å²) in [6, 6.07) is 3.14. The molecule has 1 heterocycles. The van der Waals surface area contributed by atoms with Gasteiger partial charge in [-0.05, 0) is 18.2 Å². The van der Waals surface area contributed by atoms with Crippen molar-refractivity contribution in [2.45, 2.75) is 6.54 Å². The predicted molar refractivity (Wildman–Crippen MR) is 65.1 cm³/mol. The van der Waals surface area contributed by atoms with Crippen LogP contribution in [0.3, 0.4) is 0 Å². The molecule has 0 bridgehead atoms. The molecule has 0 amide bonds. The molecule has 2 aromatic rings. The molecule has 0 unspecified atom stereocenters. The Bertz CT molecular complexity index is 643. The molecular formula is C12H11F2N3O2. The van der Waals surface area contributed by atoms with E-state index in [0.29, 0.717) is 0 Å². The molecule has 0 saturated heterocycles. The highest BCUT2D eigenvalue weighted by Crippen LogP contribution is 2.17. The fourth-order valence-corrected chi connectivity index (χ4v) is 1.56. The highest BCUT2D eigenvalue weighted by molar-refractivity contribution is 5.48. The fourth-order valence-electron chi connectivity index (χ4n) is 1.56. The van der Waals surface area contributed by atoms with Crippen LogP contribution in [0.2, 0.25) is 0 Å². The first-order valence-corrected chi connectivity index (χ1v) is 5.41. The van der Waals surface area contributed by atoms with Crippen LogP contribution in [-0.4, -0.2) is 17.1 Å². The Hall–Kier alpha value is -2.44. The second-order valence-electron chi connectivity index (χ2n) is 3.70. The van der Waals surface area contributed by atoms with Crippen LogP contribution in [0.5, 0.6) is 5.75 Å². The molecule has 0 spiro atoms. The molecule has 0 atom stereocenters. The zero-order chi connectivity index (χ0) is 13.8. The van der Waals surface area contributed by atoms with Crippen LogP contribution in [0.15, 0.2) is 29.3 Å². The molecule has 0 radical (unpaired) electrons. The van der Waals surface area contributed by atoms with Gasteiger partial charge in [-0.15, -0.1) is 0 Å². The van der Waals surface area contributed by atoms with Gasteiger partial charge in [0, 0.05) is 12.1 Å². The number of nitrogens with zero attached hydrogens (tertiary/aromatic N) is 1. The average molecular weight is 267 g/mol. The van der Waals surface area contributed by atoms with Gasteiger partial charge in [-0.3, -0.25) is 4.79 Å². The van der Waals surface area contributed by atoms with Crippen molar-refractivity contribution in [1.29, 1.82) is 0 Å². The lowest BCUT2D eigenvalue weighted by Gasteiger charge is -2.09. The molecule has 0 aliphatic heterocycles. The molecule has 100 valence electrons. The Kier molecular flexibility index (Phi) is 3.74. The van der Waals surface area contributed by atoms with Gasteiger partial charge in [0.05, 0.1) is 13.4 Å². The van der Waals surface area contributed by atoms with E-state index in [-0.39, 0.29) is 23.7 Å². The number of H-pyrrole nitrogens is 1. The summed E-state index contributed by atoms with van der Waals surface area (Å²) in [7, 11) is 1.32. The summed E-state index contributed by atoms with van der Waals surface area (Å²) in [5.41, 5.74) is -0.330. The van der Waals surface area contributed by atoms with Crippen LogP contribution in [0, 0.1) is 11.6 Å². The van der Waals surface area contributed by atoms with Gasteiger partial charge < -0.3 is 15.0 Å². The third-order valence-electron chi connectivity index (χ3n) is 2.47. The Labute approximate surface area is 107 Å². The maximum atomic E-state index is 13.4. The molecule has 0 aliphatic carbocycles. The van der Waals surface area contributed by atoms with Crippen LogP contribution < -0.4 is 15.6 Å². The molecule has 0 aliphatic rings. The van der Waals surface area contributed by atoms with Crippen molar-refractivity contribution in [3.05, 3.63) is 52.1 Å². The topological polar surface area (TPSA) is 67.0 Å². The number of ether oxygens (including phenoxy) is 1. The Morgan fingerprint density at radius 1 is 1.42 bits per heavy atom. The van der Waals surface area contributed by atoms with Gasteiger partial charge in [-0.25, -0.2) is 13.8 Å². The second-order valence-corrected chi connectivity index (χ2v) is 3.70. The van der Waals surface area contributed by atoms with Crippen LogP contribution in [0.25, 0.3) is 0 Å². The molecule has 19 heavy (non-hydrogen) atoms. The van der Waals surface area contributed by atoms with Crippen LogP contribution in [0.1, 0.15) is 5.56 Å². The summed E-state index contributed by atoms with van der Waals surface area (Å²) < 4.78 is 31.3. The summed E-state index contributed by atoms with van der Waals surface area (Å²) in [6.45, 7) is -0.0175. The highest BCUT2D eigenvalue weighted by atomic mass is 19.1. The molecule has 2 rings (SSSR count). The summed E-state index contributed by atoms with van der Waals surface area (Å²) in [5, 5.41) is 2.73. The fraction of sp³-hybridized carbons (Fsp3) is 0.167. The Morgan fingerprint density at radius 3 is 2.95 bits per heavy atom. The van der Waals surface area contributed by atoms with E-state index in [9.17, 15) is 13.6 Å². The lowest BCUT2D eigenvalue weighted by molar-refractivity contribution is 0.408. The Morgan fingerprint density at radius 2 is 2.21 bits per heavy atom. The van der Waals surface area contributed by atoms with Crippen molar-refractivity contribution in [2.24, 2.45) is 0 Å². The molecule has 5 nitrogen and oxygen atoms in total. The van der Waals surface area contributed by atoms with Gasteiger partial charge in [0.2, 0.25) is 5.75 Å². The van der Waals surface area contributed by atoms with E-state index >= 15 is 0 Å². The first-order valence-electron chi connectivity index (χ1n) is 5.41. The van der Waals surface area contributed by atoms with E-state index in [0.717, 1.165) is 18.2 Å².